The molecule has 2 saturated heterocycles. The van der Waals surface area contributed by atoms with Gasteiger partial charge in [0.2, 0.25) is 0 Å². The van der Waals surface area contributed by atoms with Gasteiger partial charge in [0.1, 0.15) is 5.82 Å². The molecule has 2 aliphatic heterocycles. The number of halogens is 1. The van der Waals surface area contributed by atoms with E-state index in [-0.39, 0.29) is 23.9 Å². The molecule has 0 radical (unpaired) electrons. The van der Waals surface area contributed by atoms with Crippen LogP contribution in [0.5, 0.6) is 0 Å². The lowest BCUT2D eigenvalue weighted by Gasteiger charge is -2.32. The predicted octanol–water partition coefficient (Wildman–Crippen LogP) is 1.48. The highest BCUT2D eigenvalue weighted by atomic mass is 19.1. The smallest absolute Gasteiger partial charge is 0.321 e. The number of ether oxygens (including phenoxy) is 1. The molecule has 29 heavy (non-hydrogen) atoms. The number of anilines is 1. The van der Waals surface area contributed by atoms with Crippen molar-refractivity contribution >= 4 is 23.5 Å². The summed E-state index contributed by atoms with van der Waals surface area (Å²) >= 11 is 0. The van der Waals surface area contributed by atoms with Crippen LogP contribution in [0.4, 0.5) is 14.9 Å². The highest BCUT2D eigenvalue weighted by Gasteiger charge is 2.24. The van der Waals surface area contributed by atoms with Gasteiger partial charge in [0.25, 0.3) is 0 Å². The van der Waals surface area contributed by atoms with E-state index in [1.807, 2.05) is 0 Å². The summed E-state index contributed by atoms with van der Waals surface area (Å²) in [5.74, 6) is -1.43. The van der Waals surface area contributed by atoms with Crippen molar-refractivity contribution < 1.29 is 23.5 Å². The number of rotatable bonds is 5. The molecule has 2 fully saturated rings. The molecule has 3 N–H and O–H groups in total. The molecule has 8 nitrogen and oxygen atoms in total. The van der Waals surface area contributed by atoms with Crippen LogP contribution in [0.2, 0.25) is 0 Å². The van der Waals surface area contributed by atoms with E-state index in [0.29, 0.717) is 38.5 Å². The van der Waals surface area contributed by atoms with Gasteiger partial charge in [0, 0.05) is 38.5 Å². The van der Waals surface area contributed by atoms with Crippen LogP contribution in [0.15, 0.2) is 24.3 Å². The van der Waals surface area contributed by atoms with Crippen molar-refractivity contribution in [2.45, 2.75) is 31.8 Å². The van der Waals surface area contributed by atoms with E-state index in [2.05, 4.69) is 16.0 Å². The number of benzene rings is 1. The fourth-order valence-corrected chi connectivity index (χ4v) is 3.49. The second-order valence-corrected chi connectivity index (χ2v) is 7.42. The summed E-state index contributed by atoms with van der Waals surface area (Å²) in [6.45, 7) is 2.57. The van der Waals surface area contributed by atoms with E-state index < -0.39 is 11.8 Å². The molecule has 3 rings (SSSR count). The highest BCUT2D eigenvalue weighted by Crippen LogP contribution is 2.18. The summed E-state index contributed by atoms with van der Waals surface area (Å²) in [4.78, 5) is 37.7. The number of urea groups is 1. The molecule has 158 valence electrons. The molecule has 1 aromatic carbocycles. The van der Waals surface area contributed by atoms with Crippen LogP contribution in [-0.2, 0) is 14.3 Å². The third kappa shape index (κ3) is 6.42. The Hall–Kier alpha value is -2.68. The number of nitrogens with one attached hydrogen (secondary N) is 3. The highest BCUT2D eigenvalue weighted by molar-refractivity contribution is 6.35. The van der Waals surface area contributed by atoms with Crippen molar-refractivity contribution in [1.29, 1.82) is 0 Å². The standard InChI is InChI=1S/C20H27FN4O4/c21-15-3-5-16(6-4-15)24-20(28)25-9-7-14(8-10-25)12-22-18(26)19(27)23-13-17-2-1-11-29-17/h3-6,14,17H,1-2,7-13H2,(H,22,26)(H,23,27)(H,24,28)/t17-/m0/s1. The topological polar surface area (TPSA) is 99.8 Å². The molecule has 0 bridgehead atoms. The maximum atomic E-state index is 12.9. The van der Waals surface area contributed by atoms with Gasteiger partial charge in [-0.2, -0.15) is 0 Å². The number of piperidine rings is 1. The third-order valence-corrected chi connectivity index (χ3v) is 5.27. The number of nitrogens with zero attached hydrogens (tertiary/aromatic N) is 1. The van der Waals surface area contributed by atoms with Crippen LogP contribution in [0.3, 0.4) is 0 Å². The van der Waals surface area contributed by atoms with E-state index in [4.69, 9.17) is 4.74 Å². The lowest BCUT2D eigenvalue weighted by molar-refractivity contribution is -0.139. The third-order valence-electron chi connectivity index (χ3n) is 5.27. The minimum atomic E-state index is -0.642. The average Bonchev–Trinajstić information content (AvgIpc) is 3.26. The van der Waals surface area contributed by atoms with Crippen LogP contribution >= 0.6 is 0 Å². The molecule has 1 atom stereocenters. The fourth-order valence-electron chi connectivity index (χ4n) is 3.49. The van der Waals surface area contributed by atoms with Crippen LogP contribution in [0.25, 0.3) is 0 Å². The Kier molecular flexibility index (Phi) is 7.40. The molecule has 0 aliphatic carbocycles. The van der Waals surface area contributed by atoms with E-state index in [0.717, 1.165) is 25.7 Å². The SMILES string of the molecule is O=C(NCC1CCN(C(=O)Nc2ccc(F)cc2)CC1)C(=O)NC[C@@H]1CCCO1. The van der Waals surface area contributed by atoms with Gasteiger partial charge in [-0.1, -0.05) is 0 Å². The van der Waals surface area contributed by atoms with Crippen LogP contribution < -0.4 is 16.0 Å². The second-order valence-electron chi connectivity index (χ2n) is 7.42. The Morgan fingerprint density at radius 3 is 2.28 bits per heavy atom. The Morgan fingerprint density at radius 1 is 1.00 bits per heavy atom. The van der Waals surface area contributed by atoms with Gasteiger partial charge in [0.15, 0.2) is 0 Å². The number of amides is 4. The van der Waals surface area contributed by atoms with Gasteiger partial charge in [-0.15, -0.1) is 0 Å². The molecule has 0 saturated carbocycles. The average molecular weight is 406 g/mol. The van der Waals surface area contributed by atoms with E-state index in [9.17, 15) is 18.8 Å². The maximum Gasteiger partial charge on any atom is 0.321 e. The number of hydrogen-bond donors (Lipinski definition) is 3. The molecule has 0 unspecified atom stereocenters. The Morgan fingerprint density at radius 2 is 1.66 bits per heavy atom. The Balaban J connectivity index is 1.32. The molecule has 0 aromatic heterocycles. The molecule has 0 spiro atoms. The Labute approximate surface area is 169 Å². The second kappa shape index (κ2) is 10.2. The van der Waals surface area contributed by atoms with Gasteiger partial charge < -0.3 is 25.6 Å². The summed E-state index contributed by atoms with van der Waals surface area (Å²) in [6, 6.07) is 5.38. The molecule has 2 aliphatic rings. The van der Waals surface area contributed by atoms with Gasteiger partial charge in [-0.3, -0.25) is 9.59 Å². The quantitative estimate of drug-likeness (QED) is 0.645. The van der Waals surface area contributed by atoms with Crippen LogP contribution in [0.1, 0.15) is 25.7 Å². The lowest BCUT2D eigenvalue weighted by Crippen LogP contribution is -2.46. The van der Waals surface area contributed by atoms with Crippen molar-refractivity contribution in [2.75, 3.05) is 38.1 Å². The fraction of sp³-hybridized carbons (Fsp3) is 0.550. The number of carbonyl (C=O) groups excluding carboxylic acids is 3. The number of hydrogen-bond acceptors (Lipinski definition) is 4. The predicted molar refractivity (Wildman–Crippen MR) is 105 cm³/mol. The molecule has 9 heteroatoms. The van der Waals surface area contributed by atoms with Crippen molar-refractivity contribution in [3.63, 3.8) is 0 Å². The zero-order valence-electron chi connectivity index (χ0n) is 16.3. The van der Waals surface area contributed by atoms with Crippen LogP contribution in [0, 0.1) is 11.7 Å². The zero-order valence-corrected chi connectivity index (χ0v) is 16.3. The van der Waals surface area contributed by atoms with Gasteiger partial charge >= 0.3 is 17.8 Å². The summed E-state index contributed by atoms with van der Waals surface area (Å²) in [6.07, 6.45) is 3.34. The van der Waals surface area contributed by atoms with E-state index >= 15 is 0 Å². The zero-order chi connectivity index (χ0) is 20.6. The van der Waals surface area contributed by atoms with Crippen molar-refractivity contribution in [2.24, 2.45) is 5.92 Å². The first kappa shape index (κ1) is 21.0. The maximum absolute atomic E-state index is 12.9. The van der Waals surface area contributed by atoms with Crippen molar-refractivity contribution in [3.8, 4) is 0 Å². The number of carbonyl (C=O) groups is 3. The molecule has 1 aromatic rings. The van der Waals surface area contributed by atoms with E-state index in [1.54, 1.807) is 4.90 Å². The van der Waals surface area contributed by atoms with Crippen LogP contribution in [-0.4, -0.2) is 61.6 Å². The largest absolute Gasteiger partial charge is 0.376 e. The van der Waals surface area contributed by atoms with Crippen molar-refractivity contribution in [3.05, 3.63) is 30.1 Å². The van der Waals surface area contributed by atoms with E-state index in [1.165, 1.54) is 24.3 Å². The molecule has 4 amide bonds. The first-order valence-corrected chi connectivity index (χ1v) is 10.0. The minimum Gasteiger partial charge on any atom is -0.376 e. The number of likely N-dealkylation sites (tertiary alicyclic amines) is 1. The van der Waals surface area contributed by atoms with Gasteiger partial charge in [0.05, 0.1) is 6.10 Å². The van der Waals surface area contributed by atoms with Gasteiger partial charge in [-0.05, 0) is 55.9 Å². The normalized spacial score (nSPS) is 19.6. The Bertz CT molecular complexity index is 714. The first-order chi connectivity index (χ1) is 14.0. The minimum absolute atomic E-state index is 0.00265. The first-order valence-electron chi connectivity index (χ1n) is 10.0. The summed E-state index contributed by atoms with van der Waals surface area (Å²) in [5, 5.41) is 8.01. The molecular weight excluding hydrogens is 379 g/mol. The lowest BCUT2D eigenvalue weighted by atomic mass is 9.97. The van der Waals surface area contributed by atoms with Gasteiger partial charge in [-0.25, -0.2) is 9.18 Å². The molecular formula is C20H27FN4O4. The summed E-state index contributed by atoms with van der Waals surface area (Å²) in [7, 11) is 0. The summed E-state index contributed by atoms with van der Waals surface area (Å²) in [5.41, 5.74) is 0.541. The monoisotopic (exact) mass is 406 g/mol. The van der Waals surface area contributed by atoms with Crippen molar-refractivity contribution in [1.82, 2.24) is 15.5 Å². The molecule has 2 heterocycles. The summed E-state index contributed by atoms with van der Waals surface area (Å²) < 4.78 is 18.3.